The smallest absolute Gasteiger partial charge is 0.209 e. The molecule has 0 N–H and O–H groups in total. The van der Waals surface area contributed by atoms with Crippen LogP contribution in [0.4, 0.5) is 0 Å². The summed E-state index contributed by atoms with van der Waals surface area (Å²) in [4.78, 5) is 8.78. The third kappa shape index (κ3) is 2.47. The van der Waals surface area contributed by atoms with Crippen LogP contribution in [0.15, 0.2) is 9.98 Å². The molecule has 0 amide bonds. The summed E-state index contributed by atoms with van der Waals surface area (Å²) in [5.74, 6) is 1.42. The fourth-order valence-corrected chi connectivity index (χ4v) is 1.32. The summed E-state index contributed by atoms with van der Waals surface area (Å²) in [6, 6.07) is -0.0413. The largest absolute Gasteiger partial charge is 0.480 e. The standard InChI is InChI=1S/C10H18N2O2/c1-5-13-9-7(3)12-10(14-6-2)8(4)11-9/h7-8H,5-6H2,1-4H3/t7-,8-/m1/s1. The number of nitrogens with zero attached hydrogens (tertiary/aromatic N) is 2. The Balaban J connectivity index is 2.68. The van der Waals surface area contributed by atoms with Crippen LogP contribution in [0.1, 0.15) is 27.7 Å². The first-order valence-electron chi connectivity index (χ1n) is 5.10. The van der Waals surface area contributed by atoms with Crippen LogP contribution in [-0.4, -0.2) is 37.1 Å². The van der Waals surface area contributed by atoms with E-state index in [1.54, 1.807) is 0 Å². The molecular weight excluding hydrogens is 180 g/mol. The topological polar surface area (TPSA) is 43.2 Å². The minimum absolute atomic E-state index is 0.0206. The maximum Gasteiger partial charge on any atom is 0.209 e. The number of aliphatic imine (C=N–C) groups is 2. The molecule has 0 bridgehead atoms. The van der Waals surface area contributed by atoms with Crippen molar-refractivity contribution in [2.24, 2.45) is 9.98 Å². The Morgan fingerprint density at radius 2 is 1.29 bits per heavy atom. The minimum atomic E-state index is -0.0206. The summed E-state index contributed by atoms with van der Waals surface area (Å²) in [5.41, 5.74) is 0. The Morgan fingerprint density at radius 3 is 1.57 bits per heavy atom. The van der Waals surface area contributed by atoms with Crippen LogP contribution in [-0.2, 0) is 9.47 Å². The van der Waals surface area contributed by atoms with Crippen LogP contribution in [0.2, 0.25) is 0 Å². The van der Waals surface area contributed by atoms with E-state index in [-0.39, 0.29) is 12.1 Å². The highest BCUT2D eigenvalue weighted by Crippen LogP contribution is 2.10. The lowest BCUT2D eigenvalue weighted by atomic mass is 10.2. The van der Waals surface area contributed by atoms with E-state index >= 15 is 0 Å². The highest BCUT2D eigenvalue weighted by Gasteiger charge is 2.23. The van der Waals surface area contributed by atoms with Gasteiger partial charge in [-0.2, -0.15) is 0 Å². The summed E-state index contributed by atoms with van der Waals surface area (Å²) >= 11 is 0. The SMILES string of the molecule is CCOC1=N[C@H](C)C(OCC)=N[C@@H]1C. The second-order valence-corrected chi connectivity index (χ2v) is 3.15. The van der Waals surface area contributed by atoms with Crippen molar-refractivity contribution in [2.45, 2.75) is 39.8 Å². The number of rotatable bonds is 2. The van der Waals surface area contributed by atoms with E-state index in [0.29, 0.717) is 25.0 Å². The molecule has 4 nitrogen and oxygen atoms in total. The number of ether oxygens (including phenoxy) is 2. The van der Waals surface area contributed by atoms with Crippen molar-refractivity contribution in [3.05, 3.63) is 0 Å². The molecule has 0 fully saturated rings. The van der Waals surface area contributed by atoms with E-state index in [1.807, 2.05) is 27.7 Å². The van der Waals surface area contributed by atoms with Gasteiger partial charge in [-0.15, -0.1) is 0 Å². The Bertz CT molecular complexity index is 223. The van der Waals surface area contributed by atoms with E-state index in [0.717, 1.165) is 0 Å². The van der Waals surface area contributed by atoms with E-state index in [4.69, 9.17) is 9.47 Å². The van der Waals surface area contributed by atoms with Crippen LogP contribution < -0.4 is 0 Å². The molecule has 0 aromatic heterocycles. The predicted molar refractivity (Wildman–Crippen MR) is 57.0 cm³/mol. The Morgan fingerprint density at radius 1 is 0.929 bits per heavy atom. The lowest BCUT2D eigenvalue weighted by molar-refractivity contribution is 0.288. The van der Waals surface area contributed by atoms with Crippen molar-refractivity contribution in [3.63, 3.8) is 0 Å². The zero-order chi connectivity index (χ0) is 10.6. The fraction of sp³-hybridized carbons (Fsp3) is 0.800. The normalized spacial score (nSPS) is 26.6. The lowest BCUT2D eigenvalue weighted by Gasteiger charge is -2.22. The van der Waals surface area contributed by atoms with E-state index in [2.05, 4.69) is 9.98 Å². The zero-order valence-corrected chi connectivity index (χ0v) is 9.28. The number of hydrogen-bond donors (Lipinski definition) is 0. The molecule has 0 spiro atoms. The van der Waals surface area contributed by atoms with Crippen molar-refractivity contribution in [1.82, 2.24) is 0 Å². The summed E-state index contributed by atoms with van der Waals surface area (Å²) in [5, 5.41) is 0. The summed E-state index contributed by atoms with van der Waals surface area (Å²) in [6.45, 7) is 9.08. The van der Waals surface area contributed by atoms with Crippen molar-refractivity contribution in [3.8, 4) is 0 Å². The van der Waals surface area contributed by atoms with Crippen molar-refractivity contribution >= 4 is 11.8 Å². The molecule has 0 aliphatic carbocycles. The maximum absolute atomic E-state index is 5.38. The molecule has 0 saturated carbocycles. The van der Waals surface area contributed by atoms with E-state index in [1.165, 1.54) is 0 Å². The molecule has 80 valence electrons. The molecule has 0 aromatic rings. The Hall–Kier alpha value is -1.06. The molecule has 1 rings (SSSR count). The molecule has 2 atom stereocenters. The van der Waals surface area contributed by atoms with Gasteiger partial charge in [0.1, 0.15) is 12.1 Å². The first-order valence-corrected chi connectivity index (χ1v) is 5.10. The molecule has 0 saturated heterocycles. The second-order valence-electron chi connectivity index (χ2n) is 3.15. The van der Waals surface area contributed by atoms with Crippen LogP contribution in [0.3, 0.4) is 0 Å². The quantitative estimate of drug-likeness (QED) is 0.677. The first-order chi connectivity index (χ1) is 6.69. The highest BCUT2D eigenvalue weighted by molar-refractivity contribution is 5.93. The van der Waals surface area contributed by atoms with E-state index < -0.39 is 0 Å². The van der Waals surface area contributed by atoms with Gasteiger partial charge in [0, 0.05) is 0 Å². The average molecular weight is 198 g/mol. The monoisotopic (exact) mass is 198 g/mol. The van der Waals surface area contributed by atoms with Crippen LogP contribution in [0.5, 0.6) is 0 Å². The molecule has 4 heteroatoms. The summed E-state index contributed by atoms with van der Waals surface area (Å²) < 4.78 is 10.8. The maximum atomic E-state index is 5.38. The van der Waals surface area contributed by atoms with Gasteiger partial charge in [0.2, 0.25) is 11.8 Å². The third-order valence-electron chi connectivity index (χ3n) is 1.94. The van der Waals surface area contributed by atoms with Crippen molar-refractivity contribution in [2.75, 3.05) is 13.2 Å². The van der Waals surface area contributed by atoms with Crippen LogP contribution >= 0.6 is 0 Å². The van der Waals surface area contributed by atoms with Crippen molar-refractivity contribution < 1.29 is 9.47 Å². The lowest BCUT2D eigenvalue weighted by Crippen LogP contribution is -2.32. The highest BCUT2D eigenvalue weighted by atomic mass is 16.5. The molecule has 1 aliphatic rings. The molecule has 0 radical (unpaired) electrons. The van der Waals surface area contributed by atoms with Crippen LogP contribution in [0.25, 0.3) is 0 Å². The van der Waals surface area contributed by atoms with Gasteiger partial charge in [0.15, 0.2) is 0 Å². The van der Waals surface area contributed by atoms with E-state index in [9.17, 15) is 0 Å². The molecule has 14 heavy (non-hydrogen) atoms. The minimum Gasteiger partial charge on any atom is -0.480 e. The van der Waals surface area contributed by atoms with Gasteiger partial charge in [-0.05, 0) is 27.7 Å². The predicted octanol–water partition coefficient (Wildman–Crippen LogP) is 1.65. The molecule has 0 aromatic carbocycles. The van der Waals surface area contributed by atoms with Crippen molar-refractivity contribution in [1.29, 1.82) is 0 Å². The van der Waals surface area contributed by atoms with Gasteiger partial charge in [-0.1, -0.05) is 0 Å². The van der Waals surface area contributed by atoms with Crippen LogP contribution in [0, 0.1) is 0 Å². The van der Waals surface area contributed by atoms with Gasteiger partial charge in [0.05, 0.1) is 13.2 Å². The second kappa shape index (κ2) is 4.98. The molecular formula is C10H18N2O2. The zero-order valence-electron chi connectivity index (χ0n) is 9.28. The Kier molecular flexibility index (Phi) is 3.92. The van der Waals surface area contributed by atoms with Gasteiger partial charge < -0.3 is 9.47 Å². The summed E-state index contributed by atoms with van der Waals surface area (Å²) in [7, 11) is 0. The molecule has 1 aliphatic heterocycles. The first kappa shape index (κ1) is 11.0. The van der Waals surface area contributed by atoms with Gasteiger partial charge >= 0.3 is 0 Å². The molecule has 0 unspecified atom stereocenters. The van der Waals surface area contributed by atoms with Gasteiger partial charge in [-0.25, -0.2) is 9.98 Å². The molecule has 1 heterocycles. The summed E-state index contributed by atoms with van der Waals surface area (Å²) in [6.07, 6.45) is 0. The Labute approximate surface area is 85.0 Å². The third-order valence-corrected chi connectivity index (χ3v) is 1.94. The van der Waals surface area contributed by atoms with Gasteiger partial charge in [0.25, 0.3) is 0 Å². The fourth-order valence-electron chi connectivity index (χ4n) is 1.32. The number of hydrogen-bond acceptors (Lipinski definition) is 4. The average Bonchev–Trinajstić information content (AvgIpc) is 2.14. The van der Waals surface area contributed by atoms with Gasteiger partial charge in [-0.3, -0.25) is 0 Å².